The van der Waals surface area contributed by atoms with Gasteiger partial charge in [-0.1, -0.05) is 104 Å². The minimum atomic E-state index is -3.81. The Labute approximate surface area is 547 Å². The number of ether oxygens (including phenoxy) is 3. The molecule has 5 aromatic heterocycles. The van der Waals surface area contributed by atoms with E-state index in [0.717, 1.165) is 40.5 Å². The monoisotopic (exact) mass is 1340 g/mol. The normalized spacial score (nSPS) is 12.6. The molecule has 11 rings (SSSR count). The fourth-order valence-corrected chi connectivity index (χ4v) is 11.3. The van der Waals surface area contributed by atoms with Crippen LogP contribution in [0.2, 0.25) is 0 Å². The number of hydrogen-bond acceptors (Lipinski definition) is 17. The number of sulfone groups is 2. The first-order chi connectivity index (χ1) is 44.7. The minimum Gasteiger partial charge on any atom is -0.504 e. The third-order valence-electron chi connectivity index (χ3n) is 13.9. The summed E-state index contributed by atoms with van der Waals surface area (Å²) in [5.41, 5.74) is 4.43. The fourth-order valence-electron chi connectivity index (χ4n) is 9.15. The molecule has 490 valence electrons. The molecule has 25 heteroatoms. The van der Waals surface area contributed by atoms with E-state index in [-0.39, 0.29) is 90.8 Å². The van der Waals surface area contributed by atoms with Gasteiger partial charge in [-0.15, -0.1) is 11.8 Å². The molecular weight excluding hydrogens is 1270 g/mol. The van der Waals surface area contributed by atoms with Gasteiger partial charge in [-0.05, 0) is 126 Å². The Balaban J connectivity index is 0.000000201. The van der Waals surface area contributed by atoms with Crippen LogP contribution in [0.4, 0.5) is 13.2 Å². The largest absolute Gasteiger partial charge is 0.504 e. The molecule has 1 fully saturated rings. The van der Waals surface area contributed by atoms with Crippen molar-refractivity contribution < 1.29 is 74.0 Å². The quantitative estimate of drug-likeness (QED) is 0.0487. The van der Waals surface area contributed by atoms with Gasteiger partial charge < -0.3 is 44.1 Å². The van der Waals surface area contributed by atoms with Gasteiger partial charge in [-0.25, -0.2) is 45.0 Å². The number of benzene rings is 5. The molecule has 0 bridgehead atoms. The molecule has 0 aliphatic carbocycles. The van der Waals surface area contributed by atoms with E-state index in [4.69, 9.17) is 23.0 Å². The van der Waals surface area contributed by atoms with Crippen molar-refractivity contribution in [2.24, 2.45) is 0 Å². The fraction of sp³-hybridized carbons (Fsp3) is 0.188. The van der Waals surface area contributed by atoms with Crippen LogP contribution in [0, 0.1) is 17.5 Å². The molecule has 6 heterocycles. The van der Waals surface area contributed by atoms with E-state index in [1.807, 2.05) is 73.0 Å². The third-order valence-corrected chi connectivity index (χ3v) is 16.8. The van der Waals surface area contributed by atoms with Crippen LogP contribution in [0.1, 0.15) is 92.8 Å². The van der Waals surface area contributed by atoms with E-state index in [1.165, 1.54) is 90.8 Å². The maximum atomic E-state index is 13.2. The Morgan fingerprint density at radius 2 is 0.979 bits per heavy atom. The summed E-state index contributed by atoms with van der Waals surface area (Å²) in [5, 5.41) is 18.4. The van der Waals surface area contributed by atoms with Crippen LogP contribution in [0.5, 0.6) is 17.2 Å². The highest BCUT2D eigenvalue weighted by molar-refractivity contribution is 7.98. The number of carbonyl (C=O) groups is 3. The van der Waals surface area contributed by atoms with Crippen molar-refractivity contribution in [1.29, 1.82) is 0 Å². The molecule has 10 aromatic rings. The average molecular weight is 1340 g/mol. The lowest BCUT2D eigenvalue weighted by molar-refractivity contribution is 0.0928. The SMILES string of the molecule is C.CS(=O)(=O)c1cc(-c2ccco2)nc(C(=O)NCc2ccc(F)cc2)c1OCc1ccccc1.CS(=O)(=O)c1cc(C2CCCO2)nc(C(=O)NCc2ccc(F)cc2)c1O.CSc1cc(-c2ccco2)nc(C(=O)NCc2ccc(F)cc2)c1OCc1ccccc1.[HH]. The predicted molar refractivity (Wildman–Crippen MR) is 349 cm³/mol. The van der Waals surface area contributed by atoms with Crippen molar-refractivity contribution in [2.45, 2.75) is 73.9 Å². The van der Waals surface area contributed by atoms with E-state index < -0.39 is 55.0 Å². The number of aromatic hydroxyl groups is 1. The summed E-state index contributed by atoms with van der Waals surface area (Å²) in [6.45, 7) is 1.24. The van der Waals surface area contributed by atoms with Crippen molar-refractivity contribution >= 4 is 49.2 Å². The van der Waals surface area contributed by atoms with Gasteiger partial charge in [0.1, 0.15) is 51.8 Å². The summed E-state index contributed by atoms with van der Waals surface area (Å²) in [4.78, 5) is 52.1. The van der Waals surface area contributed by atoms with Crippen molar-refractivity contribution in [3.05, 3.63) is 256 Å². The van der Waals surface area contributed by atoms with E-state index in [1.54, 1.807) is 42.7 Å². The molecule has 0 radical (unpaired) electrons. The van der Waals surface area contributed by atoms with Crippen molar-refractivity contribution in [1.82, 2.24) is 30.9 Å². The highest BCUT2D eigenvalue weighted by atomic mass is 32.2. The van der Waals surface area contributed by atoms with Crippen molar-refractivity contribution in [2.75, 3.05) is 25.4 Å². The number of rotatable bonds is 21. The van der Waals surface area contributed by atoms with E-state index >= 15 is 0 Å². The Kier molecular flexibility index (Phi) is 24.1. The standard InChI is InChI=1S/C25H21FN2O5S.C25H21FN2O3S.C18H19FN2O5S.CH4.H2/c1-34(30,31)22-14-20(21-8-5-13-32-21)28-23(24(22)33-16-18-6-3-2-4-7-18)25(29)27-15-17-9-11-19(26)12-10-17;1-32-22-14-20(21-8-5-13-30-21)28-23(24(22)31-16-18-6-3-2-4-7-18)25(29)27-15-17-9-11-19(26)12-10-17;1-27(24,25)15-9-13(14-3-2-8-26-14)21-16(17(15)22)18(23)20-10-11-4-6-12(19)7-5-11;;/h2-14H,15-16H2,1H3,(H,27,29);2-14H,15-16H2,1H3,(H,27,29);4-7,9,14,22H,2-3,8,10H2,1H3,(H,20,23);1H4;1H. The molecule has 0 saturated carbocycles. The number of nitrogens with zero attached hydrogens (tertiary/aromatic N) is 3. The van der Waals surface area contributed by atoms with Gasteiger partial charge in [0.05, 0.1) is 29.2 Å². The molecule has 94 heavy (non-hydrogen) atoms. The lowest BCUT2D eigenvalue weighted by Crippen LogP contribution is -2.25. The molecule has 4 N–H and O–H groups in total. The zero-order valence-electron chi connectivity index (χ0n) is 50.2. The van der Waals surface area contributed by atoms with Crippen LogP contribution in [-0.4, -0.2) is 80.0 Å². The topological polar surface area (TPSA) is 268 Å². The zero-order valence-corrected chi connectivity index (χ0v) is 52.6. The van der Waals surface area contributed by atoms with Gasteiger partial charge in [-0.3, -0.25) is 14.4 Å². The van der Waals surface area contributed by atoms with Gasteiger partial charge in [-0.2, -0.15) is 0 Å². The maximum absolute atomic E-state index is 13.2. The number of aromatic nitrogens is 3. The summed E-state index contributed by atoms with van der Waals surface area (Å²) in [7, 11) is -7.59. The first kappa shape index (κ1) is 69.8. The number of nitrogens with one attached hydrogen (secondary N) is 3. The highest BCUT2D eigenvalue weighted by Gasteiger charge is 2.30. The number of thioether (sulfide) groups is 1. The molecule has 0 spiro atoms. The molecule has 1 saturated heterocycles. The Morgan fingerprint density at radius 3 is 1.38 bits per heavy atom. The van der Waals surface area contributed by atoms with Crippen LogP contribution in [-0.2, 0) is 57.3 Å². The Morgan fingerprint density at radius 1 is 0.553 bits per heavy atom. The minimum absolute atomic E-state index is 0. The number of pyridine rings is 3. The number of amides is 3. The molecule has 3 amide bonds. The molecule has 1 atom stereocenters. The van der Waals surface area contributed by atoms with E-state index in [2.05, 4.69) is 30.9 Å². The Bertz CT molecular complexity index is 4430. The van der Waals surface area contributed by atoms with Crippen molar-refractivity contribution in [3.8, 4) is 40.2 Å². The van der Waals surface area contributed by atoms with Crippen LogP contribution in [0.15, 0.2) is 212 Å². The first-order valence-electron chi connectivity index (χ1n) is 28.6. The molecule has 19 nitrogen and oxygen atoms in total. The molecule has 1 unspecified atom stereocenters. The van der Waals surface area contributed by atoms with Crippen LogP contribution in [0.25, 0.3) is 22.9 Å². The van der Waals surface area contributed by atoms with E-state index in [0.29, 0.717) is 53.7 Å². The van der Waals surface area contributed by atoms with Gasteiger partial charge in [0.15, 0.2) is 65.5 Å². The molecule has 5 aromatic carbocycles. The summed E-state index contributed by atoms with van der Waals surface area (Å²) in [6, 6.07) is 47.2. The number of furan rings is 2. The second-order valence-corrected chi connectivity index (χ2v) is 25.6. The molecule has 1 aliphatic rings. The van der Waals surface area contributed by atoms with E-state index in [9.17, 15) is 49.5 Å². The maximum Gasteiger partial charge on any atom is 0.274 e. The van der Waals surface area contributed by atoms with Crippen LogP contribution in [0.3, 0.4) is 0 Å². The number of hydrogen-bond donors (Lipinski definition) is 4. The van der Waals surface area contributed by atoms with Crippen LogP contribution >= 0.6 is 11.8 Å². The zero-order chi connectivity index (χ0) is 66.1. The highest BCUT2D eigenvalue weighted by Crippen LogP contribution is 2.37. The number of halogens is 3. The van der Waals surface area contributed by atoms with Gasteiger partial charge in [0.2, 0.25) is 0 Å². The van der Waals surface area contributed by atoms with Crippen LogP contribution < -0.4 is 25.4 Å². The predicted octanol–water partition coefficient (Wildman–Crippen LogP) is 13.1. The number of carbonyl (C=O) groups excluding carboxylic acids is 3. The van der Waals surface area contributed by atoms with Gasteiger partial charge in [0.25, 0.3) is 17.7 Å². The molecule has 1 aliphatic heterocycles. The summed E-state index contributed by atoms with van der Waals surface area (Å²) >= 11 is 1.46. The molecular formula is C69H67F3N6O13S3. The third kappa shape index (κ3) is 19.0. The smallest absolute Gasteiger partial charge is 0.274 e. The summed E-state index contributed by atoms with van der Waals surface area (Å²) in [5.74, 6) is -2.47. The van der Waals surface area contributed by atoms with Gasteiger partial charge >= 0.3 is 0 Å². The second kappa shape index (κ2) is 32.5. The van der Waals surface area contributed by atoms with Crippen molar-refractivity contribution in [3.63, 3.8) is 0 Å². The first-order valence-corrected chi connectivity index (χ1v) is 33.6. The lowest BCUT2D eigenvalue weighted by atomic mass is 10.1. The summed E-state index contributed by atoms with van der Waals surface area (Å²) in [6.07, 6.45) is 7.90. The lowest BCUT2D eigenvalue weighted by Gasteiger charge is -2.16. The summed E-state index contributed by atoms with van der Waals surface area (Å²) < 4.78 is 117. The Hall–Kier alpha value is -10.1. The van der Waals surface area contributed by atoms with Gasteiger partial charge in [0, 0.05) is 40.2 Å². The second-order valence-electron chi connectivity index (χ2n) is 20.8. The average Bonchev–Trinajstić information content (AvgIpc) is 1.73.